The van der Waals surface area contributed by atoms with Gasteiger partial charge < -0.3 is 15.1 Å². The fourth-order valence-electron chi connectivity index (χ4n) is 4.15. The van der Waals surface area contributed by atoms with E-state index in [1.165, 1.54) is 0 Å². The van der Waals surface area contributed by atoms with E-state index in [4.69, 9.17) is 0 Å². The molecule has 1 saturated heterocycles. The molecule has 1 aromatic rings. The molecular weight excluding hydrogens is 342 g/mol. The second kappa shape index (κ2) is 8.55. The normalized spacial score (nSPS) is 23.0. The second-order valence-corrected chi connectivity index (χ2v) is 7.77. The number of amides is 3. The smallest absolute Gasteiger partial charge is 0.227 e. The number of carbonyl (C=O) groups excluding carboxylic acids is 3. The third kappa shape index (κ3) is 4.49. The Kier molecular flexibility index (Phi) is 6.14. The Morgan fingerprint density at radius 2 is 1.52 bits per heavy atom. The van der Waals surface area contributed by atoms with Gasteiger partial charge in [0, 0.05) is 43.7 Å². The van der Waals surface area contributed by atoms with Gasteiger partial charge in [-0.25, -0.2) is 0 Å². The van der Waals surface area contributed by atoms with Crippen molar-refractivity contribution in [3.63, 3.8) is 0 Å². The molecule has 3 amide bonds. The van der Waals surface area contributed by atoms with E-state index >= 15 is 0 Å². The highest BCUT2D eigenvalue weighted by atomic mass is 16.2. The molecule has 0 radical (unpaired) electrons. The highest BCUT2D eigenvalue weighted by Crippen LogP contribution is 2.32. The van der Waals surface area contributed by atoms with Gasteiger partial charge >= 0.3 is 0 Å². The van der Waals surface area contributed by atoms with E-state index in [0.717, 1.165) is 48.9 Å². The van der Waals surface area contributed by atoms with Gasteiger partial charge in [-0.15, -0.1) is 0 Å². The van der Waals surface area contributed by atoms with Crippen LogP contribution in [0.1, 0.15) is 36.8 Å². The molecule has 0 unspecified atom stereocenters. The first-order valence-electron chi connectivity index (χ1n) is 9.85. The molecule has 1 heterocycles. The maximum Gasteiger partial charge on any atom is 0.227 e. The van der Waals surface area contributed by atoms with Crippen molar-refractivity contribution in [2.75, 3.05) is 31.5 Å². The Hall–Kier alpha value is -2.37. The molecule has 0 spiro atoms. The summed E-state index contributed by atoms with van der Waals surface area (Å²) < 4.78 is 0. The molecule has 1 aliphatic heterocycles. The first-order chi connectivity index (χ1) is 13.0. The van der Waals surface area contributed by atoms with Crippen LogP contribution in [0.4, 0.5) is 5.69 Å². The largest absolute Gasteiger partial charge is 0.342 e. The molecule has 1 aromatic carbocycles. The van der Waals surface area contributed by atoms with Crippen molar-refractivity contribution in [1.82, 2.24) is 9.80 Å². The van der Waals surface area contributed by atoms with Crippen molar-refractivity contribution >= 4 is 23.9 Å². The number of nitrogens with one attached hydrogen (secondary N) is 1. The van der Waals surface area contributed by atoms with Gasteiger partial charge in [0.25, 0.3) is 0 Å². The summed E-state index contributed by atoms with van der Waals surface area (Å²) >= 11 is 0. The number of para-hydroxylation sites is 1. The molecule has 6 nitrogen and oxygen atoms in total. The SMILES string of the molecule is Cc1cccc(C)c1NC(=O)C1CCC(C(=O)N2CCN(C=O)CC2)CC1. The average Bonchev–Trinajstić information content (AvgIpc) is 2.70. The topological polar surface area (TPSA) is 69.7 Å². The molecule has 0 bridgehead atoms. The lowest BCUT2D eigenvalue weighted by Gasteiger charge is -2.36. The molecule has 0 atom stereocenters. The maximum atomic E-state index is 12.7. The van der Waals surface area contributed by atoms with E-state index in [9.17, 15) is 14.4 Å². The van der Waals surface area contributed by atoms with Crippen LogP contribution >= 0.6 is 0 Å². The zero-order chi connectivity index (χ0) is 19.4. The van der Waals surface area contributed by atoms with Crippen LogP contribution in [0.25, 0.3) is 0 Å². The van der Waals surface area contributed by atoms with Crippen LogP contribution < -0.4 is 5.32 Å². The van der Waals surface area contributed by atoms with Gasteiger partial charge in [-0.1, -0.05) is 18.2 Å². The molecule has 6 heteroatoms. The Morgan fingerprint density at radius 1 is 0.963 bits per heavy atom. The third-order valence-electron chi connectivity index (χ3n) is 5.95. The average molecular weight is 371 g/mol. The van der Waals surface area contributed by atoms with Crippen LogP contribution in [0, 0.1) is 25.7 Å². The first kappa shape index (κ1) is 19.4. The van der Waals surface area contributed by atoms with Crippen molar-refractivity contribution in [2.24, 2.45) is 11.8 Å². The lowest BCUT2D eigenvalue weighted by atomic mass is 9.80. The molecule has 1 aliphatic carbocycles. The minimum Gasteiger partial charge on any atom is -0.342 e. The molecule has 3 rings (SSSR count). The van der Waals surface area contributed by atoms with Crippen LogP contribution in [0.5, 0.6) is 0 Å². The number of piperazine rings is 1. The first-order valence-corrected chi connectivity index (χ1v) is 9.85. The number of carbonyl (C=O) groups is 3. The predicted molar refractivity (Wildman–Crippen MR) is 104 cm³/mol. The van der Waals surface area contributed by atoms with Gasteiger partial charge in [0.1, 0.15) is 0 Å². The van der Waals surface area contributed by atoms with Crippen molar-refractivity contribution in [1.29, 1.82) is 0 Å². The molecule has 0 aromatic heterocycles. The summed E-state index contributed by atoms with van der Waals surface area (Å²) in [5.41, 5.74) is 3.05. The van der Waals surface area contributed by atoms with Gasteiger partial charge in [0.15, 0.2) is 0 Å². The van der Waals surface area contributed by atoms with Gasteiger partial charge in [0.05, 0.1) is 0 Å². The Morgan fingerprint density at radius 3 is 2.07 bits per heavy atom. The van der Waals surface area contributed by atoms with Crippen LogP contribution in [0.15, 0.2) is 18.2 Å². The fraction of sp³-hybridized carbons (Fsp3) is 0.571. The number of aryl methyl sites for hydroxylation is 2. The summed E-state index contributed by atoms with van der Waals surface area (Å²) in [6, 6.07) is 6.00. The third-order valence-corrected chi connectivity index (χ3v) is 5.95. The van der Waals surface area contributed by atoms with E-state index in [1.807, 2.05) is 36.9 Å². The molecule has 27 heavy (non-hydrogen) atoms. The Balaban J connectivity index is 1.50. The van der Waals surface area contributed by atoms with Crippen LogP contribution in [0.3, 0.4) is 0 Å². The van der Waals surface area contributed by atoms with E-state index in [0.29, 0.717) is 26.2 Å². The van der Waals surface area contributed by atoms with Gasteiger partial charge in [-0.3, -0.25) is 14.4 Å². The lowest BCUT2D eigenvalue weighted by Crippen LogP contribution is -2.50. The summed E-state index contributed by atoms with van der Waals surface area (Å²) in [4.78, 5) is 39.8. The van der Waals surface area contributed by atoms with E-state index in [2.05, 4.69) is 5.32 Å². The van der Waals surface area contributed by atoms with Crippen LogP contribution in [-0.4, -0.2) is 54.2 Å². The molecule has 1 N–H and O–H groups in total. The van der Waals surface area contributed by atoms with Gasteiger partial charge in [0.2, 0.25) is 18.2 Å². The lowest BCUT2D eigenvalue weighted by molar-refractivity contribution is -0.140. The number of rotatable bonds is 4. The summed E-state index contributed by atoms with van der Waals surface area (Å²) in [5.74, 6) is 0.240. The predicted octanol–water partition coefficient (Wildman–Crippen LogP) is 2.35. The summed E-state index contributed by atoms with van der Waals surface area (Å²) in [7, 11) is 0. The number of benzene rings is 1. The number of hydrogen-bond donors (Lipinski definition) is 1. The molecule has 2 aliphatic rings. The van der Waals surface area contributed by atoms with Crippen molar-refractivity contribution in [2.45, 2.75) is 39.5 Å². The molecular formula is C21H29N3O3. The monoisotopic (exact) mass is 371 g/mol. The van der Waals surface area contributed by atoms with E-state index in [1.54, 1.807) is 4.90 Å². The van der Waals surface area contributed by atoms with Crippen molar-refractivity contribution in [3.8, 4) is 0 Å². The van der Waals surface area contributed by atoms with Gasteiger partial charge in [-0.2, -0.15) is 0 Å². The van der Waals surface area contributed by atoms with E-state index < -0.39 is 0 Å². The van der Waals surface area contributed by atoms with E-state index in [-0.39, 0.29) is 23.7 Å². The summed E-state index contributed by atoms with van der Waals surface area (Å²) in [6.07, 6.45) is 3.87. The second-order valence-electron chi connectivity index (χ2n) is 7.77. The quantitative estimate of drug-likeness (QED) is 0.826. The zero-order valence-corrected chi connectivity index (χ0v) is 16.2. The van der Waals surface area contributed by atoms with Crippen molar-refractivity contribution < 1.29 is 14.4 Å². The van der Waals surface area contributed by atoms with Crippen LogP contribution in [0.2, 0.25) is 0 Å². The number of nitrogens with zero attached hydrogens (tertiary/aromatic N) is 2. The fourth-order valence-corrected chi connectivity index (χ4v) is 4.15. The highest BCUT2D eigenvalue weighted by molar-refractivity contribution is 5.94. The number of hydrogen-bond acceptors (Lipinski definition) is 3. The van der Waals surface area contributed by atoms with Crippen molar-refractivity contribution in [3.05, 3.63) is 29.3 Å². The Labute approximate surface area is 160 Å². The van der Waals surface area contributed by atoms with Gasteiger partial charge in [-0.05, 0) is 50.7 Å². The number of anilines is 1. The Bertz CT molecular complexity index is 682. The van der Waals surface area contributed by atoms with Crippen LogP contribution in [-0.2, 0) is 14.4 Å². The summed E-state index contributed by atoms with van der Waals surface area (Å²) in [5, 5.41) is 3.09. The summed E-state index contributed by atoms with van der Waals surface area (Å²) in [6.45, 7) is 6.46. The molecule has 2 fully saturated rings. The minimum absolute atomic E-state index is 0.0111. The highest BCUT2D eigenvalue weighted by Gasteiger charge is 2.33. The minimum atomic E-state index is -0.0278. The molecule has 146 valence electrons. The zero-order valence-electron chi connectivity index (χ0n) is 16.2. The standard InChI is InChI=1S/C21H29N3O3/c1-15-4-3-5-16(2)19(15)22-20(26)17-6-8-18(9-7-17)21(27)24-12-10-23(14-25)11-13-24/h3-5,14,17-18H,6-13H2,1-2H3,(H,22,26). The molecule has 1 saturated carbocycles. The maximum absolute atomic E-state index is 12.7.